The van der Waals surface area contributed by atoms with Crippen LogP contribution in [0.4, 0.5) is 0 Å². The summed E-state index contributed by atoms with van der Waals surface area (Å²) in [5.74, 6) is -5.69. The van der Waals surface area contributed by atoms with E-state index in [0.717, 1.165) is 12.1 Å². The van der Waals surface area contributed by atoms with Gasteiger partial charge in [-0.15, -0.1) is 0 Å². The van der Waals surface area contributed by atoms with Crippen LogP contribution >= 0.6 is 58.0 Å². The maximum absolute atomic E-state index is 10.9. The molecule has 0 atom stereocenters. The van der Waals surface area contributed by atoms with Gasteiger partial charge in [0.2, 0.25) is 0 Å². The van der Waals surface area contributed by atoms with Gasteiger partial charge in [-0.1, -0.05) is 58.0 Å². The normalized spacial score (nSPS) is 9.63. The molecule has 30 heavy (non-hydrogen) atoms. The van der Waals surface area contributed by atoms with Gasteiger partial charge >= 0.3 is 23.9 Å². The quantitative estimate of drug-likeness (QED) is 0.270. The van der Waals surface area contributed by atoms with E-state index in [9.17, 15) is 19.2 Å². The zero-order valence-corrected chi connectivity index (χ0v) is 20.3. The summed E-state index contributed by atoms with van der Waals surface area (Å²) in [6, 6.07) is 3.60. The van der Waals surface area contributed by atoms with Crippen molar-refractivity contribution in [1.29, 1.82) is 0 Å². The van der Waals surface area contributed by atoms with Crippen molar-refractivity contribution in [1.82, 2.24) is 0 Å². The molecule has 0 saturated heterocycles. The molecule has 2 rings (SSSR count). The fourth-order valence-corrected chi connectivity index (χ4v) is 3.10. The van der Waals surface area contributed by atoms with E-state index < -0.39 is 45.0 Å². The number of carboxylic acid groups (broad SMARTS) is 4. The minimum absolute atomic E-state index is 0. The number of hydrogen-bond acceptors (Lipinski definition) is 4. The summed E-state index contributed by atoms with van der Waals surface area (Å²) in [7, 11) is 0. The molecule has 2 aromatic carbocycles. The summed E-state index contributed by atoms with van der Waals surface area (Å²) < 4.78 is 0. The Balaban J connectivity index is 0.000000553. The Bertz CT molecular complexity index is 996. The van der Waals surface area contributed by atoms with Crippen molar-refractivity contribution in [3.8, 4) is 0 Å². The predicted molar refractivity (Wildman–Crippen MR) is 106 cm³/mol. The van der Waals surface area contributed by atoms with Gasteiger partial charge in [0.1, 0.15) is 0 Å². The molecule has 0 aromatic heterocycles. The summed E-state index contributed by atoms with van der Waals surface area (Å²) in [4.78, 5) is 42.8. The fraction of sp³-hybridized carbons (Fsp3) is 0. The van der Waals surface area contributed by atoms with Crippen molar-refractivity contribution in [2.45, 2.75) is 0 Å². The van der Waals surface area contributed by atoms with E-state index in [1.54, 1.807) is 0 Å². The van der Waals surface area contributed by atoms with Crippen molar-refractivity contribution in [3.63, 3.8) is 0 Å². The van der Waals surface area contributed by atoms with E-state index in [2.05, 4.69) is 0 Å². The van der Waals surface area contributed by atoms with E-state index in [0.29, 0.717) is 0 Å². The zero-order chi connectivity index (χ0) is 22.6. The van der Waals surface area contributed by atoms with Gasteiger partial charge < -0.3 is 20.4 Å². The number of aromatic carboxylic acids is 4. The molecule has 0 unspecified atom stereocenters. The Hall–Kier alpha value is -1.35. The number of carboxylic acids is 4. The number of carbonyl (C=O) groups is 4. The molecular weight excluding hydrogens is 589 g/mol. The number of halogens is 5. The van der Waals surface area contributed by atoms with Gasteiger partial charge in [-0.05, 0) is 18.2 Å². The van der Waals surface area contributed by atoms with Crippen LogP contribution in [0.25, 0.3) is 0 Å². The standard InChI is InChI=1S/C8H2Cl4O4.C8H5ClO4.Zr/c9-3-1(7(13)14)2(8(15)16)4(10)6(12)5(3)11;9-4-1-2-5(7(10)11)6(3-4)8(12)13;/h(H,13,14)(H,15,16);1-3H,(H,10,11)(H,12,13);. The molecule has 0 aliphatic carbocycles. The van der Waals surface area contributed by atoms with Crippen LogP contribution in [0, 0.1) is 0 Å². The third-order valence-electron chi connectivity index (χ3n) is 3.14. The van der Waals surface area contributed by atoms with Crippen LogP contribution in [-0.2, 0) is 26.2 Å². The van der Waals surface area contributed by atoms with Crippen LogP contribution in [0.3, 0.4) is 0 Å². The van der Waals surface area contributed by atoms with Gasteiger partial charge in [0, 0.05) is 31.2 Å². The predicted octanol–water partition coefficient (Wildman–Crippen LogP) is 5.43. The monoisotopic (exact) mass is 592 g/mol. The molecule has 0 spiro atoms. The van der Waals surface area contributed by atoms with Gasteiger partial charge in [-0.3, -0.25) is 0 Å². The van der Waals surface area contributed by atoms with E-state index in [-0.39, 0.29) is 52.4 Å². The third-order valence-corrected chi connectivity index (χ3v) is 5.17. The Labute approximate surface area is 212 Å². The molecule has 0 aliphatic heterocycles. The summed E-state index contributed by atoms with van der Waals surface area (Å²) in [5.41, 5.74) is -1.95. The second kappa shape index (κ2) is 11.9. The largest absolute Gasteiger partial charge is 0.478 e. The van der Waals surface area contributed by atoms with Crippen molar-refractivity contribution in [3.05, 3.63) is 65.6 Å². The van der Waals surface area contributed by atoms with E-state index in [1.807, 2.05) is 0 Å². The van der Waals surface area contributed by atoms with E-state index in [4.69, 9.17) is 78.4 Å². The minimum atomic E-state index is -1.55. The minimum Gasteiger partial charge on any atom is -0.478 e. The molecule has 8 nitrogen and oxygen atoms in total. The molecule has 2 aromatic rings. The summed E-state index contributed by atoms with van der Waals surface area (Å²) in [5, 5.41) is 33.6. The zero-order valence-electron chi connectivity index (χ0n) is 14.0. The van der Waals surface area contributed by atoms with Crippen LogP contribution in [0.15, 0.2) is 18.2 Å². The molecule has 0 aliphatic rings. The summed E-state index contributed by atoms with van der Waals surface area (Å²) in [6.45, 7) is 0. The van der Waals surface area contributed by atoms with Gasteiger partial charge in [0.05, 0.1) is 42.3 Å². The Kier molecular flexibility index (Phi) is 11.4. The van der Waals surface area contributed by atoms with Crippen molar-refractivity contribution in [2.75, 3.05) is 0 Å². The molecule has 0 saturated carbocycles. The number of hydrogen-bond donors (Lipinski definition) is 4. The third kappa shape index (κ3) is 6.57. The number of rotatable bonds is 4. The smallest absolute Gasteiger partial charge is 0.338 e. The molecule has 0 heterocycles. The molecule has 0 bridgehead atoms. The van der Waals surface area contributed by atoms with Gasteiger partial charge in [-0.2, -0.15) is 0 Å². The summed E-state index contributed by atoms with van der Waals surface area (Å²) in [6.07, 6.45) is 0. The van der Waals surface area contributed by atoms with Gasteiger partial charge in [0.25, 0.3) is 0 Å². The van der Waals surface area contributed by atoms with Crippen LogP contribution in [0.2, 0.25) is 25.1 Å². The molecule has 0 amide bonds. The second-order valence-corrected chi connectivity index (χ2v) is 6.86. The molecule has 4 N–H and O–H groups in total. The fourth-order valence-electron chi connectivity index (χ4n) is 1.91. The SMILES string of the molecule is O=C(O)c1c(Cl)c(Cl)c(Cl)c(Cl)c1C(=O)O.O=C(O)c1ccc(Cl)cc1C(=O)O.[Zr]. The Morgan fingerprint density at radius 2 is 0.933 bits per heavy atom. The first-order chi connectivity index (χ1) is 13.3. The van der Waals surface area contributed by atoms with Crippen molar-refractivity contribution in [2.24, 2.45) is 0 Å². The summed E-state index contributed by atoms with van der Waals surface area (Å²) >= 11 is 27.9. The Morgan fingerprint density at radius 3 is 1.23 bits per heavy atom. The first kappa shape index (κ1) is 28.7. The van der Waals surface area contributed by atoms with Crippen LogP contribution in [0.5, 0.6) is 0 Å². The van der Waals surface area contributed by atoms with E-state index >= 15 is 0 Å². The molecule has 158 valence electrons. The number of benzene rings is 2. The molecule has 14 heteroatoms. The average Bonchev–Trinajstić information content (AvgIpc) is 2.62. The first-order valence-corrected chi connectivity index (χ1v) is 8.78. The van der Waals surface area contributed by atoms with Gasteiger partial charge in [0.15, 0.2) is 0 Å². The van der Waals surface area contributed by atoms with Crippen LogP contribution in [0.1, 0.15) is 41.4 Å². The maximum Gasteiger partial charge on any atom is 0.338 e. The van der Waals surface area contributed by atoms with Crippen molar-refractivity contribution >= 4 is 81.9 Å². The molecular formula is C16H7Cl5O8Zr. The molecule has 0 fully saturated rings. The van der Waals surface area contributed by atoms with Gasteiger partial charge in [-0.25, -0.2) is 19.2 Å². The average molecular weight is 596 g/mol. The maximum atomic E-state index is 10.9. The van der Waals surface area contributed by atoms with Crippen LogP contribution in [-0.4, -0.2) is 44.3 Å². The second-order valence-electron chi connectivity index (χ2n) is 4.92. The first-order valence-electron chi connectivity index (χ1n) is 6.89. The van der Waals surface area contributed by atoms with E-state index in [1.165, 1.54) is 6.07 Å². The molecule has 0 radical (unpaired) electrons. The Morgan fingerprint density at radius 1 is 0.567 bits per heavy atom. The van der Waals surface area contributed by atoms with Crippen LogP contribution < -0.4 is 0 Å². The van der Waals surface area contributed by atoms with Crippen molar-refractivity contribution < 1.29 is 65.8 Å². The topological polar surface area (TPSA) is 149 Å².